The fraction of sp³-hybridized carbons (Fsp3) is 0.222. The van der Waals surface area contributed by atoms with Gasteiger partial charge in [-0.2, -0.15) is 0 Å². The molecule has 0 aliphatic rings. The second-order valence-corrected chi connectivity index (χ2v) is 3.00. The van der Waals surface area contributed by atoms with Crippen LogP contribution in [-0.4, -0.2) is 19.3 Å². The fourth-order valence-corrected chi connectivity index (χ4v) is 1.28. The van der Waals surface area contributed by atoms with Crippen LogP contribution >= 0.6 is 0 Å². The predicted octanol–water partition coefficient (Wildman–Crippen LogP) is 0.181. The molecule has 0 aliphatic heterocycles. The summed E-state index contributed by atoms with van der Waals surface area (Å²) in [6.07, 6.45) is 1.68. The largest absolute Gasteiger partial charge is 0.345 e. The highest BCUT2D eigenvalue weighted by atomic mass is 16.2. The average molecular weight is 190 g/mol. The zero-order valence-corrected chi connectivity index (χ0v) is 8.01. The van der Waals surface area contributed by atoms with E-state index in [0.717, 1.165) is 0 Å². The number of hydrogen-bond donors (Lipinski definition) is 0. The lowest BCUT2D eigenvalue weighted by molar-refractivity contribution is 0.714. The van der Waals surface area contributed by atoms with Gasteiger partial charge in [-0.15, -0.1) is 5.10 Å². The van der Waals surface area contributed by atoms with E-state index in [0.29, 0.717) is 11.5 Å². The van der Waals surface area contributed by atoms with Crippen molar-refractivity contribution in [1.29, 1.82) is 0 Å². The van der Waals surface area contributed by atoms with Crippen LogP contribution in [0, 0.1) is 0 Å². The molecule has 2 aromatic rings. The molecular formula is C9H10N4O. The van der Waals surface area contributed by atoms with Gasteiger partial charge in [0, 0.05) is 20.3 Å². The Labute approximate surface area is 80.6 Å². The van der Waals surface area contributed by atoms with Crippen LogP contribution in [0.3, 0.4) is 0 Å². The van der Waals surface area contributed by atoms with Gasteiger partial charge in [-0.05, 0) is 12.1 Å². The third kappa shape index (κ3) is 1.22. The Hall–Kier alpha value is -1.91. The molecule has 5 nitrogen and oxygen atoms in total. The van der Waals surface area contributed by atoms with Crippen LogP contribution in [0.25, 0.3) is 11.5 Å². The molecule has 0 bridgehead atoms. The highest BCUT2D eigenvalue weighted by Gasteiger charge is 2.09. The first-order valence-corrected chi connectivity index (χ1v) is 4.21. The Bertz CT molecular complexity index is 497. The van der Waals surface area contributed by atoms with Crippen LogP contribution in [0.5, 0.6) is 0 Å². The molecule has 0 radical (unpaired) electrons. The normalized spacial score (nSPS) is 10.4. The average Bonchev–Trinajstić information content (AvgIpc) is 2.47. The SMILES string of the molecule is Cn1nc(-c2ccccn2)n(C)c1=O. The Morgan fingerprint density at radius 3 is 2.57 bits per heavy atom. The minimum absolute atomic E-state index is 0.148. The number of aryl methyl sites for hydroxylation is 1. The first-order chi connectivity index (χ1) is 6.70. The predicted molar refractivity (Wildman–Crippen MR) is 51.7 cm³/mol. The number of nitrogens with zero attached hydrogens (tertiary/aromatic N) is 4. The van der Waals surface area contributed by atoms with Gasteiger partial charge in [0.1, 0.15) is 5.69 Å². The van der Waals surface area contributed by atoms with Crippen molar-refractivity contribution >= 4 is 0 Å². The number of hydrogen-bond acceptors (Lipinski definition) is 3. The maximum absolute atomic E-state index is 11.4. The maximum Gasteiger partial charge on any atom is 0.345 e. The maximum atomic E-state index is 11.4. The topological polar surface area (TPSA) is 52.7 Å². The van der Waals surface area contributed by atoms with E-state index < -0.39 is 0 Å². The molecule has 0 amide bonds. The van der Waals surface area contributed by atoms with Crippen molar-refractivity contribution in [1.82, 2.24) is 19.3 Å². The summed E-state index contributed by atoms with van der Waals surface area (Å²) in [7, 11) is 3.30. The van der Waals surface area contributed by atoms with E-state index in [4.69, 9.17) is 0 Å². The summed E-state index contributed by atoms with van der Waals surface area (Å²) < 4.78 is 2.77. The van der Waals surface area contributed by atoms with E-state index in [9.17, 15) is 4.79 Å². The molecule has 2 rings (SSSR count). The lowest BCUT2D eigenvalue weighted by atomic mass is 10.3. The van der Waals surface area contributed by atoms with E-state index in [-0.39, 0.29) is 5.69 Å². The van der Waals surface area contributed by atoms with Gasteiger partial charge in [0.2, 0.25) is 0 Å². The first kappa shape index (κ1) is 8.68. The molecule has 0 saturated carbocycles. The molecule has 5 heteroatoms. The van der Waals surface area contributed by atoms with Crippen molar-refractivity contribution in [2.75, 3.05) is 0 Å². The standard InChI is InChI=1S/C9H10N4O/c1-12-8(11-13(2)9(12)14)7-5-3-4-6-10-7/h3-6H,1-2H3. The van der Waals surface area contributed by atoms with E-state index >= 15 is 0 Å². The number of pyridine rings is 1. The van der Waals surface area contributed by atoms with Gasteiger partial charge in [-0.1, -0.05) is 6.07 Å². The third-order valence-electron chi connectivity index (χ3n) is 2.02. The summed E-state index contributed by atoms with van der Waals surface area (Å²) in [4.78, 5) is 15.5. The Morgan fingerprint density at radius 1 is 1.29 bits per heavy atom. The number of aromatic nitrogens is 4. The molecular weight excluding hydrogens is 180 g/mol. The second-order valence-electron chi connectivity index (χ2n) is 3.00. The molecule has 0 fully saturated rings. The van der Waals surface area contributed by atoms with Crippen molar-refractivity contribution in [2.45, 2.75) is 0 Å². The Morgan fingerprint density at radius 2 is 2.07 bits per heavy atom. The van der Waals surface area contributed by atoms with Crippen LogP contribution < -0.4 is 5.69 Å². The van der Waals surface area contributed by atoms with Crippen molar-refractivity contribution in [2.24, 2.45) is 14.1 Å². The van der Waals surface area contributed by atoms with E-state index in [1.807, 2.05) is 18.2 Å². The molecule has 14 heavy (non-hydrogen) atoms. The molecule has 2 aromatic heterocycles. The summed E-state index contributed by atoms with van der Waals surface area (Å²) >= 11 is 0. The van der Waals surface area contributed by atoms with E-state index in [1.165, 1.54) is 9.25 Å². The van der Waals surface area contributed by atoms with Gasteiger partial charge >= 0.3 is 5.69 Å². The van der Waals surface area contributed by atoms with Crippen LogP contribution in [0.2, 0.25) is 0 Å². The Kier molecular flexibility index (Phi) is 1.92. The fourth-order valence-electron chi connectivity index (χ4n) is 1.28. The third-order valence-corrected chi connectivity index (χ3v) is 2.02. The molecule has 0 spiro atoms. The second kappa shape index (κ2) is 3.10. The molecule has 0 aromatic carbocycles. The van der Waals surface area contributed by atoms with Crippen molar-refractivity contribution in [3.8, 4) is 11.5 Å². The highest BCUT2D eigenvalue weighted by molar-refractivity contribution is 5.47. The van der Waals surface area contributed by atoms with Crippen molar-refractivity contribution in [3.05, 3.63) is 34.9 Å². The molecule has 0 atom stereocenters. The molecule has 0 saturated heterocycles. The van der Waals surface area contributed by atoms with Crippen molar-refractivity contribution in [3.63, 3.8) is 0 Å². The minimum Gasteiger partial charge on any atom is -0.277 e. The quantitative estimate of drug-likeness (QED) is 0.644. The van der Waals surface area contributed by atoms with Gasteiger partial charge in [-0.3, -0.25) is 9.55 Å². The summed E-state index contributed by atoms with van der Waals surface area (Å²) in [5.74, 6) is 0.582. The summed E-state index contributed by atoms with van der Waals surface area (Å²) in [5, 5.41) is 4.08. The molecule has 72 valence electrons. The summed E-state index contributed by atoms with van der Waals surface area (Å²) in [6.45, 7) is 0. The highest BCUT2D eigenvalue weighted by Crippen LogP contribution is 2.09. The summed E-state index contributed by atoms with van der Waals surface area (Å²) in [5.41, 5.74) is 0.554. The van der Waals surface area contributed by atoms with E-state index in [1.54, 1.807) is 20.3 Å². The lowest BCUT2D eigenvalue weighted by Gasteiger charge is -1.96. The zero-order chi connectivity index (χ0) is 10.1. The van der Waals surface area contributed by atoms with Crippen LogP contribution in [-0.2, 0) is 14.1 Å². The Balaban J connectivity index is 2.64. The minimum atomic E-state index is -0.148. The van der Waals surface area contributed by atoms with Crippen molar-refractivity contribution < 1.29 is 0 Å². The van der Waals surface area contributed by atoms with Gasteiger partial charge in [0.05, 0.1) is 0 Å². The number of rotatable bonds is 1. The lowest BCUT2D eigenvalue weighted by Crippen LogP contribution is -2.20. The molecule has 0 aliphatic carbocycles. The molecule has 0 unspecified atom stereocenters. The monoisotopic (exact) mass is 190 g/mol. The van der Waals surface area contributed by atoms with Gasteiger partial charge in [0.25, 0.3) is 0 Å². The van der Waals surface area contributed by atoms with Crippen LogP contribution in [0.15, 0.2) is 29.2 Å². The smallest absolute Gasteiger partial charge is 0.277 e. The first-order valence-electron chi connectivity index (χ1n) is 4.21. The van der Waals surface area contributed by atoms with Crippen LogP contribution in [0.1, 0.15) is 0 Å². The van der Waals surface area contributed by atoms with Gasteiger partial charge in [-0.25, -0.2) is 9.48 Å². The summed E-state index contributed by atoms with van der Waals surface area (Å²) in [6, 6.07) is 5.51. The van der Waals surface area contributed by atoms with Crippen LogP contribution in [0.4, 0.5) is 0 Å². The van der Waals surface area contributed by atoms with E-state index in [2.05, 4.69) is 10.1 Å². The molecule has 0 N–H and O–H groups in total. The van der Waals surface area contributed by atoms with Gasteiger partial charge in [0.15, 0.2) is 5.82 Å². The molecule has 2 heterocycles. The van der Waals surface area contributed by atoms with Gasteiger partial charge < -0.3 is 0 Å². The zero-order valence-electron chi connectivity index (χ0n) is 8.01.